The summed E-state index contributed by atoms with van der Waals surface area (Å²) < 4.78 is 0. The first-order valence-electron chi connectivity index (χ1n) is 9.64. The highest BCUT2D eigenvalue weighted by Crippen LogP contribution is 2.35. The molecular formula is C22H31Cl2N3O2. The van der Waals surface area contributed by atoms with Gasteiger partial charge >= 0.3 is 0 Å². The first-order valence-corrected chi connectivity index (χ1v) is 9.64. The normalized spacial score (nSPS) is 19.1. The maximum atomic E-state index is 12.2. The number of nitrogens with one attached hydrogen (secondary N) is 1. The smallest absolute Gasteiger partial charge is 0.274 e. The standard InChI is InChI=1S/C22H29N3O2.2ClH/c1-16(2)15-25-13-12-18(14-21(25)19-10-6-7-11-20(19)23)27-24-22(26)17-8-4-3-5-9-17;;/h3-11,16,18,21H,12-15,23H2,1-2H3,(H,24,26);2*1H. The Kier molecular flexibility index (Phi) is 10.5. The molecule has 0 aromatic heterocycles. The summed E-state index contributed by atoms with van der Waals surface area (Å²) in [5, 5.41) is 0. The Labute approximate surface area is 185 Å². The topological polar surface area (TPSA) is 67.6 Å². The van der Waals surface area contributed by atoms with Crippen LogP contribution in [-0.2, 0) is 4.84 Å². The zero-order valence-corrected chi connectivity index (χ0v) is 18.5. The van der Waals surface area contributed by atoms with E-state index in [1.807, 2.05) is 36.4 Å². The minimum absolute atomic E-state index is 0. The summed E-state index contributed by atoms with van der Waals surface area (Å²) in [7, 11) is 0. The van der Waals surface area contributed by atoms with E-state index < -0.39 is 0 Å². The van der Waals surface area contributed by atoms with E-state index in [4.69, 9.17) is 10.6 Å². The van der Waals surface area contributed by atoms with Gasteiger partial charge in [0.1, 0.15) is 0 Å². The lowest BCUT2D eigenvalue weighted by Crippen LogP contribution is -2.43. The fraction of sp³-hybridized carbons (Fsp3) is 0.409. The lowest BCUT2D eigenvalue weighted by Gasteiger charge is -2.40. The summed E-state index contributed by atoms with van der Waals surface area (Å²) in [6.45, 7) is 6.40. The lowest BCUT2D eigenvalue weighted by atomic mass is 9.91. The molecule has 1 heterocycles. The second-order valence-electron chi connectivity index (χ2n) is 7.59. The minimum atomic E-state index is -0.212. The van der Waals surface area contributed by atoms with Gasteiger partial charge in [-0.3, -0.25) is 14.5 Å². The van der Waals surface area contributed by atoms with Crippen LogP contribution in [-0.4, -0.2) is 30.0 Å². The Morgan fingerprint density at radius 3 is 2.45 bits per heavy atom. The molecule has 2 aromatic rings. The molecule has 5 nitrogen and oxygen atoms in total. The SMILES string of the molecule is CC(C)CN1CCC(ONC(=O)c2ccccc2)CC1c1ccccc1N.Cl.Cl. The van der Waals surface area contributed by atoms with Crippen LogP contribution in [0.5, 0.6) is 0 Å². The molecule has 160 valence electrons. The van der Waals surface area contributed by atoms with E-state index >= 15 is 0 Å². The van der Waals surface area contributed by atoms with E-state index in [1.165, 1.54) is 0 Å². The number of amides is 1. The molecule has 7 heteroatoms. The van der Waals surface area contributed by atoms with Crippen molar-refractivity contribution in [2.75, 3.05) is 18.8 Å². The number of hydrogen-bond acceptors (Lipinski definition) is 4. The maximum Gasteiger partial charge on any atom is 0.274 e. The van der Waals surface area contributed by atoms with Crippen molar-refractivity contribution in [3.63, 3.8) is 0 Å². The van der Waals surface area contributed by atoms with Crippen LogP contribution >= 0.6 is 24.8 Å². The Hall–Kier alpha value is -1.79. The number of hydroxylamine groups is 1. The number of anilines is 1. The number of hydrogen-bond donors (Lipinski definition) is 2. The molecule has 0 saturated carbocycles. The summed E-state index contributed by atoms with van der Waals surface area (Å²) in [4.78, 5) is 20.5. The third kappa shape index (κ3) is 6.89. The van der Waals surface area contributed by atoms with E-state index in [2.05, 4.69) is 30.3 Å². The number of nitrogens with zero attached hydrogens (tertiary/aromatic N) is 1. The summed E-state index contributed by atoms with van der Waals surface area (Å²) in [5.41, 5.74) is 11.4. The van der Waals surface area contributed by atoms with Gasteiger partial charge in [0.25, 0.3) is 5.91 Å². The van der Waals surface area contributed by atoms with Crippen LogP contribution in [0.15, 0.2) is 54.6 Å². The molecule has 1 saturated heterocycles. The first-order chi connectivity index (χ1) is 13.0. The van der Waals surface area contributed by atoms with Crippen LogP contribution in [0.2, 0.25) is 0 Å². The second-order valence-corrected chi connectivity index (χ2v) is 7.59. The number of para-hydroxylation sites is 1. The molecule has 1 fully saturated rings. The highest BCUT2D eigenvalue weighted by molar-refractivity contribution is 5.93. The Morgan fingerprint density at radius 2 is 1.79 bits per heavy atom. The lowest BCUT2D eigenvalue weighted by molar-refractivity contribution is -0.0594. The Bertz CT molecular complexity index is 759. The number of carbonyl (C=O) groups excluding carboxylic acids is 1. The predicted octanol–water partition coefficient (Wildman–Crippen LogP) is 4.64. The Balaban J connectivity index is 0.00000210. The van der Waals surface area contributed by atoms with Gasteiger partial charge in [0.2, 0.25) is 0 Å². The third-order valence-electron chi connectivity index (χ3n) is 4.97. The van der Waals surface area contributed by atoms with Gasteiger partial charge in [-0.1, -0.05) is 50.2 Å². The van der Waals surface area contributed by atoms with Crippen LogP contribution < -0.4 is 11.2 Å². The van der Waals surface area contributed by atoms with Gasteiger partial charge < -0.3 is 5.73 Å². The van der Waals surface area contributed by atoms with E-state index in [0.29, 0.717) is 11.5 Å². The van der Waals surface area contributed by atoms with Crippen molar-refractivity contribution in [1.82, 2.24) is 10.4 Å². The molecule has 0 aliphatic carbocycles. The molecule has 2 aromatic carbocycles. The fourth-order valence-corrected chi connectivity index (χ4v) is 3.70. The first kappa shape index (κ1) is 25.2. The summed E-state index contributed by atoms with van der Waals surface area (Å²) in [6.07, 6.45) is 1.65. The number of likely N-dealkylation sites (tertiary alicyclic amines) is 1. The molecule has 3 N–H and O–H groups in total. The van der Waals surface area contributed by atoms with Gasteiger partial charge in [-0.25, -0.2) is 5.48 Å². The number of piperidine rings is 1. The number of halogens is 2. The predicted molar refractivity (Wildman–Crippen MR) is 123 cm³/mol. The van der Waals surface area contributed by atoms with Gasteiger partial charge in [0, 0.05) is 30.4 Å². The average Bonchev–Trinajstić information content (AvgIpc) is 2.68. The van der Waals surface area contributed by atoms with Gasteiger partial charge in [0.15, 0.2) is 0 Å². The molecule has 0 spiro atoms. The van der Waals surface area contributed by atoms with Crippen LogP contribution in [0, 0.1) is 5.92 Å². The van der Waals surface area contributed by atoms with Gasteiger partial charge in [-0.2, -0.15) is 0 Å². The zero-order valence-electron chi connectivity index (χ0n) is 16.9. The van der Waals surface area contributed by atoms with Crippen molar-refractivity contribution in [3.05, 3.63) is 65.7 Å². The molecule has 1 aliphatic heterocycles. The number of rotatable bonds is 6. The molecule has 0 radical (unpaired) electrons. The van der Waals surface area contributed by atoms with Crippen LogP contribution in [0.25, 0.3) is 0 Å². The fourth-order valence-electron chi connectivity index (χ4n) is 3.70. The largest absolute Gasteiger partial charge is 0.398 e. The van der Waals surface area contributed by atoms with Crippen molar-refractivity contribution in [2.45, 2.75) is 38.8 Å². The second kappa shape index (κ2) is 12.0. The van der Waals surface area contributed by atoms with E-state index in [9.17, 15) is 4.79 Å². The quantitative estimate of drug-likeness (QED) is 0.508. The van der Waals surface area contributed by atoms with Gasteiger partial charge in [-0.05, 0) is 42.5 Å². The highest BCUT2D eigenvalue weighted by atomic mass is 35.5. The van der Waals surface area contributed by atoms with Crippen molar-refractivity contribution in [2.24, 2.45) is 5.92 Å². The van der Waals surface area contributed by atoms with E-state index in [0.717, 1.165) is 37.2 Å². The molecule has 0 bridgehead atoms. The van der Waals surface area contributed by atoms with Crippen LogP contribution in [0.4, 0.5) is 5.69 Å². The summed E-state index contributed by atoms with van der Waals surface area (Å²) >= 11 is 0. The number of nitrogens with two attached hydrogens (primary N) is 1. The molecule has 2 atom stereocenters. The number of nitrogen functional groups attached to an aromatic ring is 1. The number of carbonyl (C=O) groups is 1. The minimum Gasteiger partial charge on any atom is -0.398 e. The van der Waals surface area contributed by atoms with Gasteiger partial charge in [0.05, 0.1) is 6.10 Å². The molecule has 1 aliphatic rings. The van der Waals surface area contributed by atoms with Crippen LogP contribution in [0.1, 0.15) is 48.7 Å². The maximum absolute atomic E-state index is 12.2. The number of benzene rings is 2. The average molecular weight is 440 g/mol. The molecule has 2 unspecified atom stereocenters. The highest BCUT2D eigenvalue weighted by Gasteiger charge is 2.32. The van der Waals surface area contributed by atoms with E-state index in [-0.39, 0.29) is 42.9 Å². The molecule has 1 amide bonds. The van der Waals surface area contributed by atoms with Gasteiger partial charge in [-0.15, -0.1) is 24.8 Å². The zero-order chi connectivity index (χ0) is 19.2. The molecular weight excluding hydrogens is 409 g/mol. The van der Waals surface area contributed by atoms with Crippen molar-refractivity contribution >= 4 is 36.4 Å². The monoisotopic (exact) mass is 439 g/mol. The molecule has 3 rings (SSSR count). The van der Waals surface area contributed by atoms with E-state index in [1.54, 1.807) is 12.1 Å². The van der Waals surface area contributed by atoms with Crippen molar-refractivity contribution in [3.8, 4) is 0 Å². The Morgan fingerprint density at radius 1 is 1.14 bits per heavy atom. The van der Waals surface area contributed by atoms with Crippen molar-refractivity contribution in [1.29, 1.82) is 0 Å². The molecule has 29 heavy (non-hydrogen) atoms. The van der Waals surface area contributed by atoms with Crippen LogP contribution in [0.3, 0.4) is 0 Å². The third-order valence-corrected chi connectivity index (χ3v) is 4.97. The summed E-state index contributed by atoms with van der Waals surface area (Å²) in [6, 6.07) is 17.3. The summed E-state index contributed by atoms with van der Waals surface area (Å²) in [5.74, 6) is 0.365. The van der Waals surface area contributed by atoms with Crippen molar-refractivity contribution < 1.29 is 9.63 Å².